The number of hydrogen-bond donors (Lipinski definition) is 2. The Morgan fingerprint density at radius 3 is 2.66 bits per heavy atom. The average molecular weight is 386 g/mol. The zero-order valence-corrected chi connectivity index (χ0v) is 15.7. The van der Waals surface area contributed by atoms with E-state index in [9.17, 15) is 9.59 Å². The van der Waals surface area contributed by atoms with Gasteiger partial charge >= 0.3 is 5.97 Å². The Labute approximate surface area is 166 Å². The lowest BCUT2D eigenvalue weighted by Crippen LogP contribution is -2.21. The number of anilines is 1. The highest BCUT2D eigenvalue weighted by atomic mass is 16.5. The van der Waals surface area contributed by atoms with Crippen molar-refractivity contribution in [3.63, 3.8) is 0 Å². The highest BCUT2D eigenvalue weighted by Crippen LogP contribution is 2.22. The lowest BCUT2D eigenvalue weighted by molar-refractivity contribution is -0.119. The second kappa shape index (κ2) is 7.93. The molecule has 0 unspecified atom stereocenters. The molecule has 0 saturated carbocycles. The number of H-pyrrole nitrogens is 1. The van der Waals surface area contributed by atoms with Gasteiger partial charge in [0, 0.05) is 11.8 Å². The summed E-state index contributed by atoms with van der Waals surface area (Å²) in [6, 6.07) is 18.2. The smallest absolute Gasteiger partial charge is 0.338 e. The third kappa shape index (κ3) is 4.30. The Morgan fingerprint density at radius 2 is 1.90 bits per heavy atom. The number of esters is 1. The van der Waals surface area contributed by atoms with Crippen molar-refractivity contribution in [2.75, 3.05) is 11.9 Å². The number of aromatic nitrogens is 3. The van der Waals surface area contributed by atoms with Gasteiger partial charge in [0.05, 0.1) is 16.6 Å². The maximum absolute atomic E-state index is 12.3. The standard InChI is InChI=1S/C22H18N4O3/c1-14-5-7-15(8-6-14)21-24-17-10-9-16(12-18(17)25-21)22(28)29-13-20(27)26-19-4-2-3-11-23-19/h2-12H,13H2,1H3,(H,24,25)(H,23,26,27). The van der Waals surface area contributed by atoms with Gasteiger partial charge in [0.15, 0.2) is 6.61 Å². The van der Waals surface area contributed by atoms with Gasteiger partial charge in [-0.3, -0.25) is 4.79 Å². The van der Waals surface area contributed by atoms with Gasteiger partial charge in [0.25, 0.3) is 5.91 Å². The lowest BCUT2D eigenvalue weighted by Gasteiger charge is -2.06. The number of fused-ring (bicyclic) bond motifs is 1. The number of nitrogens with one attached hydrogen (secondary N) is 2. The molecule has 4 rings (SSSR count). The van der Waals surface area contributed by atoms with Crippen molar-refractivity contribution < 1.29 is 14.3 Å². The van der Waals surface area contributed by atoms with Crippen LogP contribution in [0.2, 0.25) is 0 Å². The quantitative estimate of drug-likeness (QED) is 0.510. The Balaban J connectivity index is 1.44. The number of aromatic amines is 1. The van der Waals surface area contributed by atoms with Gasteiger partial charge in [-0.15, -0.1) is 0 Å². The van der Waals surface area contributed by atoms with Crippen LogP contribution in [0, 0.1) is 6.92 Å². The van der Waals surface area contributed by atoms with Crippen LogP contribution < -0.4 is 5.32 Å². The summed E-state index contributed by atoms with van der Waals surface area (Å²) in [5, 5.41) is 2.56. The molecule has 0 saturated heterocycles. The molecule has 4 aromatic rings. The summed E-state index contributed by atoms with van der Waals surface area (Å²) in [6.07, 6.45) is 1.56. The summed E-state index contributed by atoms with van der Waals surface area (Å²) in [4.78, 5) is 36.0. The second-order valence-corrected chi connectivity index (χ2v) is 6.52. The average Bonchev–Trinajstić information content (AvgIpc) is 3.16. The van der Waals surface area contributed by atoms with Crippen LogP contribution in [0.15, 0.2) is 66.9 Å². The Kier molecular flexibility index (Phi) is 5.03. The van der Waals surface area contributed by atoms with Crippen LogP contribution in [0.5, 0.6) is 0 Å². The van der Waals surface area contributed by atoms with E-state index in [1.165, 1.54) is 5.56 Å². The first kappa shape index (κ1) is 18.4. The number of carbonyl (C=O) groups is 2. The summed E-state index contributed by atoms with van der Waals surface area (Å²) in [5.41, 5.74) is 3.92. The molecular formula is C22H18N4O3. The van der Waals surface area contributed by atoms with E-state index >= 15 is 0 Å². The Morgan fingerprint density at radius 1 is 1.07 bits per heavy atom. The van der Waals surface area contributed by atoms with E-state index in [0.717, 1.165) is 16.9 Å². The van der Waals surface area contributed by atoms with E-state index in [0.29, 0.717) is 16.9 Å². The molecule has 29 heavy (non-hydrogen) atoms. The molecule has 0 spiro atoms. The van der Waals surface area contributed by atoms with Crippen LogP contribution in [0.25, 0.3) is 22.4 Å². The van der Waals surface area contributed by atoms with Crippen molar-refractivity contribution in [3.8, 4) is 11.4 Å². The van der Waals surface area contributed by atoms with Crippen molar-refractivity contribution in [1.29, 1.82) is 0 Å². The third-order valence-corrected chi connectivity index (χ3v) is 4.31. The molecule has 144 valence electrons. The van der Waals surface area contributed by atoms with Crippen molar-refractivity contribution in [3.05, 3.63) is 78.0 Å². The first-order valence-corrected chi connectivity index (χ1v) is 9.03. The summed E-state index contributed by atoms with van der Waals surface area (Å²) in [5.74, 6) is 0.0761. The van der Waals surface area contributed by atoms with Gasteiger partial charge in [-0.2, -0.15) is 0 Å². The predicted molar refractivity (Wildman–Crippen MR) is 109 cm³/mol. The first-order valence-electron chi connectivity index (χ1n) is 9.03. The molecule has 2 aromatic carbocycles. The van der Waals surface area contributed by atoms with Crippen LogP contribution in [0.1, 0.15) is 15.9 Å². The second-order valence-electron chi connectivity index (χ2n) is 6.52. The minimum atomic E-state index is -0.588. The fourth-order valence-corrected chi connectivity index (χ4v) is 2.81. The van der Waals surface area contributed by atoms with Gasteiger partial charge in [-0.25, -0.2) is 14.8 Å². The number of carbonyl (C=O) groups excluding carboxylic acids is 2. The summed E-state index contributed by atoms with van der Waals surface area (Å²) in [6.45, 7) is 1.63. The number of ether oxygens (including phenoxy) is 1. The van der Waals surface area contributed by atoms with Gasteiger partial charge in [-0.05, 0) is 37.3 Å². The number of imidazole rings is 1. The molecule has 0 bridgehead atoms. The van der Waals surface area contributed by atoms with Gasteiger partial charge < -0.3 is 15.0 Å². The Bertz CT molecular complexity index is 1170. The largest absolute Gasteiger partial charge is 0.452 e. The molecule has 2 heterocycles. The molecule has 7 nitrogen and oxygen atoms in total. The topological polar surface area (TPSA) is 97.0 Å². The van der Waals surface area contributed by atoms with E-state index in [1.807, 2.05) is 31.2 Å². The molecule has 2 N–H and O–H groups in total. The van der Waals surface area contributed by atoms with Crippen LogP contribution in [0.3, 0.4) is 0 Å². The molecule has 7 heteroatoms. The molecule has 0 aliphatic carbocycles. The molecule has 0 fully saturated rings. The molecule has 0 aliphatic heterocycles. The SMILES string of the molecule is Cc1ccc(-c2nc3ccc(C(=O)OCC(=O)Nc4ccccn4)cc3[nH]2)cc1. The molecule has 0 atom stereocenters. The van der Waals surface area contributed by atoms with E-state index in [2.05, 4.69) is 20.3 Å². The van der Waals surface area contributed by atoms with E-state index < -0.39 is 18.5 Å². The minimum absolute atomic E-state index is 0.335. The highest BCUT2D eigenvalue weighted by molar-refractivity contribution is 5.97. The lowest BCUT2D eigenvalue weighted by atomic mass is 10.1. The van der Waals surface area contributed by atoms with E-state index in [1.54, 1.807) is 42.6 Å². The van der Waals surface area contributed by atoms with Gasteiger partial charge in [0.2, 0.25) is 0 Å². The fraction of sp³-hybridized carbons (Fsp3) is 0.0909. The number of hydrogen-bond acceptors (Lipinski definition) is 5. The molecule has 2 aromatic heterocycles. The normalized spacial score (nSPS) is 10.7. The summed E-state index contributed by atoms with van der Waals surface area (Å²) >= 11 is 0. The third-order valence-electron chi connectivity index (χ3n) is 4.31. The molecule has 1 amide bonds. The van der Waals surface area contributed by atoms with Crippen LogP contribution in [-0.2, 0) is 9.53 Å². The van der Waals surface area contributed by atoms with Crippen LogP contribution >= 0.6 is 0 Å². The van der Waals surface area contributed by atoms with Crippen molar-refractivity contribution in [2.45, 2.75) is 6.92 Å². The van der Waals surface area contributed by atoms with Crippen molar-refractivity contribution in [1.82, 2.24) is 15.0 Å². The number of aryl methyl sites for hydroxylation is 1. The van der Waals surface area contributed by atoms with E-state index in [4.69, 9.17) is 4.74 Å². The zero-order chi connectivity index (χ0) is 20.2. The molecule has 0 radical (unpaired) electrons. The first-order chi connectivity index (χ1) is 14.1. The molecular weight excluding hydrogens is 368 g/mol. The number of rotatable bonds is 5. The van der Waals surface area contributed by atoms with Crippen molar-refractivity contribution >= 4 is 28.7 Å². The highest BCUT2D eigenvalue weighted by Gasteiger charge is 2.13. The zero-order valence-electron chi connectivity index (χ0n) is 15.7. The maximum Gasteiger partial charge on any atom is 0.338 e. The summed E-state index contributed by atoms with van der Waals surface area (Å²) < 4.78 is 5.10. The van der Waals surface area contributed by atoms with Crippen molar-refractivity contribution in [2.24, 2.45) is 0 Å². The number of nitrogens with zero attached hydrogens (tertiary/aromatic N) is 2. The maximum atomic E-state index is 12.3. The molecule has 0 aliphatic rings. The predicted octanol–water partition coefficient (Wildman–Crippen LogP) is 3.73. The van der Waals surface area contributed by atoms with Gasteiger partial charge in [0.1, 0.15) is 11.6 Å². The van der Waals surface area contributed by atoms with Crippen LogP contribution in [-0.4, -0.2) is 33.4 Å². The monoisotopic (exact) mass is 386 g/mol. The van der Waals surface area contributed by atoms with Crippen LogP contribution in [0.4, 0.5) is 5.82 Å². The van der Waals surface area contributed by atoms with Gasteiger partial charge in [-0.1, -0.05) is 35.9 Å². The Hall–Kier alpha value is -4.00. The number of benzene rings is 2. The number of amides is 1. The summed E-state index contributed by atoms with van der Waals surface area (Å²) in [7, 11) is 0. The fourth-order valence-electron chi connectivity index (χ4n) is 2.81. The van der Waals surface area contributed by atoms with E-state index in [-0.39, 0.29) is 0 Å². The number of pyridine rings is 1. The minimum Gasteiger partial charge on any atom is -0.452 e.